The van der Waals surface area contributed by atoms with Crippen LogP contribution in [0, 0.1) is 5.92 Å². The normalized spacial score (nSPS) is 25.9. The van der Waals surface area contributed by atoms with Gasteiger partial charge in [0.2, 0.25) is 5.91 Å². The zero-order chi connectivity index (χ0) is 16.8. The number of nitrogens with two attached hydrogens (primary N) is 1. The van der Waals surface area contributed by atoms with E-state index in [9.17, 15) is 4.79 Å². The molecule has 0 aromatic heterocycles. The maximum absolute atomic E-state index is 12.4. The van der Waals surface area contributed by atoms with Crippen molar-refractivity contribution in [3.8, 4) is 0 Å². The molecule has 2 aliphatic rings. The van der Waals surface area contributed by atoms with Crippen molar-refractivity contribution in [3.05, 3.63) is 29.8 Å². The second-order valence-corrected chi connectivity index (χ2v) is 7.50. The number of hydrogen-bond donors (Lipinski definition) is 2. The Morgan fingerprint density at radius 2 is 1.75 bits per heavy atom. The summed E-state index contributed by atoms with van der Waals surface area (Å²) < 4.78 is 0. The fourth-order valence-corrected chi connectivity index (χ4v) is 3.96. The van der Waals surface area contributed by atoms with Crippen molar-refractivity contribution in [2.45, 2.75) is 64.0 Å². The maximum atomic E-state index is 12.4. The molecule has 1 aliphatic carbocycles. The number of nitrogens with one attached hydrogen (secondary N) is 1. The van der Waals surface area contributed by atoms with Crippen LogP contribution in [0.1, 0.15) is 56.9 Å². The first-order chi connectivity index (χ1) is 11.7. The molecule has 1 heterocycles. The molecular formula is C20H31N3O. The first-order valence-electron chi connectivity index (χ1n) is 9.58. The van der Waals surface area contributed by atoms with Gasteiger partial charge in [-0.15, -0.1) is 0 Å². The first-order valence-corrected chi connectivity index (χ1v) is 9.58. The standard InChI is InChI=1S/C20H31N3O/c21-18-7-5-6-17(14-18)20(24)22-19-10-8-16(9-11-19)15-23-12-3-1-2-4-13-23/h8-11,17-18H,1-7,12-15,21H2,(H,22,24). The van der Waals surface area contributed by atoms with E-state index in [2.05, 4.69) is 22.3 Å². The van der Waals surface area contributed by atoms with Crippen LogP contribution in [0.5, 0.6) is 0 Å². The van der Waals surface area contributed by atoms with Gasteiger partial charge in [0.15, 0.2) is 0 Å². The van der Waals surface area contributed by atoms with Crippen molar-refractivity contribution in [2.24, 2.45) is 11.7 Å². The van der Waals surface area contributed by atoms with Crippen LogP contribution in [-0.4, -0.2) is 29.9 Å². The molecule has 0 spiro atoms. The Morgan fingerprint density at radius 1 is 1.04 bits per heavy atom. The van der Waals surface area contributed by atoms with Crippen molar-refractivity contribution in [1.82, 2.24) is 4.90 Å². The first kappa shape index (κ1) is 17.4. The minimum absolute atomic E-state index is 0.0746. The number of amides is 1. The fraction of sp³-hybridized carbons (Fsp3) is 0.650. The van der Waals surface area contributed by atoms with Gasteiger partial charge in [0.05, 0.1) is 0 Å². The Bertz CT molecular complexity index is 520. The van der Waals surface area contributed by atoms with Crippen molar-refractivity contribution in [2.75, 3.05) is 18.4 Å². The highest BCUT2D eigenvalue weighted by Gasteiger charge is 2.25. The summed E-state index contributed by atoms with van der Waals surface area (Å²) in [4.78, 5) is 14.9. The van der Waals surface area contributed by atoms with E-state index in [1.807, 2.05) is 12.1 Å². The number of likely N-dealkylation sites (tertiary alicyclic amines) is 1. The molecule has 132 valence electrons. The minimum atomic E-state index is 0.0746. The number of hydrogen-bond acceptors (Lipinski definition) is 3. The van der Waals surface area contributed by atoms with Crippen molar-refractivity contribution >= 4 is 11.6 Å². The van der Waals surface area contributed by atoms with Crippen LogP contribution in [-0.2, 0) is 11.3 Å². The molecule has 1 saturated carbocycles. The number of benzene rings is 1. The third kappa shape index (κ3) is 5.05. The lowest BCUT2D eigenvalue weighted by Crippen LogP contribution is -2.34. The van der Waals surface area contributed by atoms with Gasteiger partial charge in [0.25, 0.3) is 0 Å². The van der Waals surface area contributed by atoms with Crippen molar-refractivity contribution < 1.29 is 4.79 Å². The lowest BCUT2D eigenvalue weighted by molar-refractivity contribution is -0.120. The van der Waals surface area contributed by atoms with Gasteiger partial charge in [-0.25, -0.2) is 0 Å². The van der Waals surface area contributed by atoms with Crippen LogP contribution >= 0.6 is 0 Å². The van der Waals surface area contributed by atoms with Gasteiger partial charge in [-0.3, -0.25) is 9.69 Å². The average molecular weight is 329 g/mol. The molecule has 2 unspecified atom stereocenters. The molecule has 4 heteroatoms. The molecule has 4 nitrogen and oxygen atoms in total. The molecule has 1 amide bonds. The van der Waals surface area contributed by atoms with E-state index >= 15 is 0 Å². The predicted octanol–water partition coefficient (Wildman–Crippen LogP) is 3.52. The van der Waals surface area contributed by atoms with Crippen LogP contribution in [0.15, 0.2) is 24.3 Å². The van der Waals surface area contributed by atoms with E-state index in [-0.39, 0.29) is 17.9 Å². The molecule has 24 heavy (non-hydrogen) atoms. The third-order valence-electron chi connectivity index (χ3n) is 5.41. The number of rotatable bonds is 4. The van der Waals surface area contributed by atoms with Gasteiger partial charge >= 0.3 is 0 Å². The van der Waals surface area contributed by atoms with E-state index in [1.165, 1.54) is 44.3 Å². The molecule has 1 aliphatic heterocycles. The SMILES string of the molecule is NC1CCCC(C(=O)Nc2ccc(CN3CCCCCC3)cc2)C1. The fourth-order valence-electron chi connectivity index (χ4n) is 3.96. The molecule has 3 N–H and O–H groups in total. The van der Waals surface area contributed by atoms with Gasteiger partial charge in [-0.2, -0.15) is 0 Å². The summed E-state index contributed by atoms with van der Waals surface area (Å²) in [6.07, 6.45) is 9.27. The monoisotopic (exact) mass is 329 g/mol. The largest absolute Gasteiger partial charge is 0.328 e. The smallest absolute Gasteiger partial charge is 0.227 e. The summed E-state index contributed by atoms with van der Waals surface area (Å²) in [5.74, 6) is 0.205. The number of carbonyl (C=O) groups is 1. The number of carbonyl (C=O) groups excluding carboxylic acids is 1. The van der Waals surface area contributed by atoms with Gasteiger partial charge in [0.1, 0.15) is 0 Å². The van der Waals surface area contributed by atoms with Crippen LogP contribution in [0.4, 0.5) is 5.69 Å². The summed E-state index contributed by atoms with van der Waals surface area (Å²) in [5.41, 5.74) is 8.22. The van der Waals surface area contributed by atoms with E-state index < -0.39 is 0 Å². The van der Waals surface area contributed by atoms with Crippen molar-refractivity contribution in [1.29, 1.82) is 0 Å². The zero-order valence-corrected chi connectivity index (χ0v) is 14.7. The highest BCUT2D eigenvalue weighted by Crippen LogP contribution is 2.24. The Morgan fingerprint density at radius 3 is 2.42 bits per heavy atom. The van der Waals surface area contributed by atoms with E-state index in [0.29, 0.717) is 0 Å². The summed E-state index contributed by atoms with van der Waals surface area (Å²) in [5, 5.41) is 3.06. The number of anilines is 1. The van der Waals surface area contributed by atoms with Crippen LogP contribution in [0.3, 0.4) is 0 Å². The number of nitrogens with zero attached hydrogens (tertiary/aromatic N) is 1. The molecule has 2 atom stereocenters. The van der Waals surface area contributed by atoms with E-state index in [0.717, 1.165) is 37.9 Å². The molecule has 2 fully saturated rings. The van der Waals surface area contributed by atoms with Crippen LogP contribution in [0.2, 0.25) is 0 Å². The molecule has 3 rings (SSSR count). The summed E-state index contributed by atoms with van der Waals surface area (Å²) >= 11 is 0. The molecule has 1 aromatic rings. The van der Waals surface area contributed by atoms with Crippen molar-refractivity contribution in [3.63, 3.8) is 0 Å². The average Bonchev–Trinajstić information content (AvgIpc) is 2.85. The quantitative estimate of drug-likeness (QED) is 0.888. The molecule has 0 bridgehead atoms. The Hall–Kier alpha value is -1.39. The topological polar surface area (TPSA) is 58.4 Å². The van der Waals surface area contributed by atoms with Gasteiger partial charge in [-0.1, -0.05) is 31.4 Å². The lowest BCUT2D eigenvalue weighted by Gasteiger charge is -2.25. The minimum Gasteiger partial charge on any atom is -0.328 e. The molecule has 1 aromatic carbocycles. The maximum Gasteiger partial charge on any atom is 0.227 e. The second-order valence-electron chi connectivity index (χ2n) is 7.50. The van der Waals surface area contributed by atoms with Gasteiger partial charge < -0.3 is 11.1 Å². The Balaban J connectivity index is 1.51. The summed E-state index contributed by atoms with van der Waals surface area (Å²) in [7, 11) is 0. The Kier molecular flexibility index (Phi) is 6.27. The predicted molar refractivity (Wildman–Crippen MR) is 98.8 cm³/mol. The van der Waals surface area contributed by atoms with Gasteiger partial charge in [-0.05, 0) is 62.9 Å². The zero-order valence-electron chi connectivity index (χ0n) is 14.7. The van der Waals surface area contributed by atoms with E-state index in [4.69, 9.17) is 5.73 Å². The third-order valence-corrected chi connectivity index (χ3v) is 5.41. The Labute approximate surface area is 145 Å². The van der Waals surface area contributed by atoms with Crippen LogP contribution in [0.25, 0.3) is 0 Å². The highest BCUT2D eigenvalue weighted by atomic mass is 16.1. The molecule has 1 saturated heterocycles. The molecular weight excluding hydrogens is 298 g/mol. The summed E-state index contributed by atoms with van der Waals surface area (Å²) in [6.45, 7) is 3.44. The van der Waals surface area contributed by atoms with E-state index in [1.54, 1.807) is 0 Å². The van der Waals surface area contributed by atoms with Crippen LogP contribution < -0.4 is 11.1 Å². The highest BCUT2D eigenvalue weighted by molar-refractivity contribution is 5.92. The van der Waals surface area contributed by atoms with Gasteiger partial charge in [0, 0.05) is 24.2 Å². The molecule has 0 radical (unpaired) electrons. The summed E-state index contributed by atoms with van der Waals surface area (Å²) in [6, 6.07) is 8.55. The second kappa shape index (κ2) is 8.63. The lowest BCUT2D eigenvalue weighted by atomic mass is 9.85.